The fourth-order valence-electron chi connectivity index (χ4n) is 2.33. The summed E-state index contributed by atoms with van der Waals surface area (Å²) in [5, 5.41) is 0.966. The number of furan rings is 1. The van der Waals surface area contributed by atoms with Gasteiger partial charge in [0, 0.05) is 10.9 Å². The van der Waals surface area contributed by atoms with Gasteiger partial charge in [-0.25, -0.2) is 4.79 Å². The van der Waals surface area contributed by atoms with Gasteiger partial charge in [0.25, 0.3) is 0 Å². The minimum Gasteiger partial charge on any atom is -0.454 e. The first-order chi connectivity index (χ1) is 9.67. The van der Waals surface area contributed by atoms with E-state index < -0.39 is 0 Å². The molecule has 0 spiro atoms. The highest BCUT2D eigenvalue weighted by Crippen LogP contribution is 2.25. The van der Waals surface area contributed by atoms with Crippen molar-refractivity contribution in [2.45, 2.75) is 20.8 Å². The number of hydrogen-bond donors (Lipinski definition) is 1. The Morgan fingerprint density at radius 1 is 1.25 bits per heavy atom. The first kappa shape index (κ1) is 14.6. The number of aryl methyl sites for hydroxylation is 1. The molecule has 0 amide bonds. The number of carbonyl (C=O) groups excluding carboxylic acids is 1. The number of rotatable bonds is 6. The topological polar surface area (TPSA) is 43.9 Å². The molecule has 108 valence electrons. The van der Waals surface area contributed by atoms with Crippen molar-refractivity contribution in [1.29, 1.82) is 0 Å². The minimum absolute atomic E-state index is 0.320. The average Bonchev–Trinajstić information content (AvgIpc) is 2.81. The summed E-state index contributed by atoms with van der Waals surface area (Å²) in [5.41, 5.74) is 1.58. The maximum Gasteiger partial charge on any atom is 0.374 e. The van der Waals surface area contributed by atoms with Crippen molar-refractivity contribution in [1.82, 2.24) is 0 Å². The van der Waals surface area contributed by atoms with Gasteiger partial charge in [-0.2, -0.15) is 0 Å². The van der Waals surface area contributed by atoms with Crippen molar-refractivity contribution >= 4 is 16.9 Å². The number of fused-ring (bicyclic) bond motifs is 1. The quantitative estimate of drug-likeness (QED) is 0.819. The van der Waals surface area contributed by atoms with Crippen LogP contribution in [0.2, 0.25) is 0 Å². The number of esters is 1. The molecule has 0 aliphatic carbocycles. The van der Waals surface area contributed by atoms with E-state index in [1.165, 1.54) is 4.90 Å². The molecule has 0 unspecified atom stereocenters. The summed E-state index contributed by atoms with van der Waals surface area (Å²) in [6, 6.07) is 7.64. The number of para-hydroxylation sites is 1. The van der Waals surface area contributed by atoms with E-state index in [2.05, 4.69) is 13.8 Å². The van der Waals surface area contributed by atoms with E-state index in [9.17, 15) is 4.79 Å². The normalized spacial score (nSPS) is 11.2. The van der Waals surface area contributed by atoms with Crippen LogP contribution in [-0.4, -0.2) is 32.2 Å². The van der Waals surface area contributed by atoms with Gasteiger partial charge < -0.3 is 14.1 Å². The summed E-state index contributed by atoms with van der Waals surface area (Å²) < 4.78 is 10.9. The molecule has 0 bridgehead atoms. The number of carbonyl (C=O) groups is 1. The molecule has 20 heavy (non-hydrogen) atoms. The van der Waals surface area contributed by atoms with Crippen molar-refractivity contribution in [3.63, 3.8) is 0 Å². The molecule has 0 radical (unpaired) electrons. The fraction of sp³-hybridized carbons (Fsp3) is 0.438. The maximum absolute atomic E-state index is 12.1. The second-order valence-corrected chi connectivity index (χ2v) is 4.90. The van der Waals surface area contributed by atoms with E-state index in [0.29, 0.717) is 12.4 Å². The van der Waals surface area contributed by atoms with Crippen molar-refractivity contribution < 1.29 is 18.8 Å². The summed E-state index contributed by atoms with van der Waals surface area (Å²) in [4.78, 5) is 13.5. The van der Waals surface area contributed by atoms with Gasteiger partial charge in [0.05, 0.1) is 13.1 Å². The minimum atomic E-state index is -0.370. The molecule has 0 atom stereocenters. The Morgan fingerprint density at radius 3 is 2.60 bits per heavy atom. The van der Waals surface area contributed by atoms with Gasteiger partial charge in [-0.05, 0) is 26.8 Å². The zero-order valence-corrected chi connectivity index (χ0v) is 12.4. The molecule has 0 aliphatic heterocycles. The van der Waals surface area contributed by atoms with Crippen molar-refractivity contribution in [3.05, 3.63) is 35.6 Å². The van der Waals surface area contributed by atoms with Gasteiger partial charge in [-0.1, -0.05) is 18.2 Å². The lowest BCUT2D eigenvalue weighted by Crippen LogP contribution is -3.11. The molecular formula is C16H22NO3+. The van der Waals surface area contributed by atoms with E-state index in [-0.39, 0.29) is 5.97 Å². The lowest BCUT2D eigenvalue weighted by molar-refractivity contribution is -0.896. The van der Waals surface area contributed by atoms with Crippen LogP contribution in [0.4, 0.5) is 0 Å². The predicted octanol–water partition coefficient (Wildman–Crippen LogP) is 1.82. The Hall–Kier alpha value is -1.81. The number of hydrogen-bond acceptors (Lipinski definition) is 3. The summed E-state index contributed by atoms with van der Waals surface area (Å²) in [6.45, 7) is 9.48. The van der Waals surface area contributed by atoms with Gasteiger partial charge in [-0.15, -0.1) is 0 Å². The van der Waals surface area contributed by atoms with Gasteiger partial charge in [-0.3, -0.25) is 0 Å². The van der Waals surface area contributed by atoms with E-state index in [0.717, 1.165) is 36.2 Å². The van der Waals surface area contributed by atoms with Crippen LogP contribution >= 0.6 is 0 Å². The Bertz CT molecular complexity index is 584. The lowest BCUT2D eigenvalue weighted by Gasteiger charge is -2.14. The Labute approximate surface area is 119 Å². The largest absolute Gasteiger partial charge is 0.454 e. The number of likely N-dealkylation sites (N-methyl/N-ethyl adjacent to an activating group) is 1. The third-order valence-electron chi connectivity index (χ3n) is 3.72. The Balaban J connectivity index is 2.03. The first-order valence-electron chi connectivity index (χ1n) is 7.16. The molecule has 2 rings (SSSR count). The Morgan fingerprint density at radius 2 is 1.95 bits per heavy atom. The number of nitrogens with one attached hydrogen (secondary N) is 1. The molecule has 1 N–H and O–H groups in total. The summed E-state index contributed by atoms with van der Waals surface area (Å²) in [5.74, 6) is -0.0500. The molecule has 1 aromatic heterocycles. The number of benzene rings is 1. The molecule has 2 aromatic rings. The molecule has 0 fully saturated rings. The molecule has 4 heteroatoms. The molecular weight excluding hydrogens is 254 g/mol. The van der Waals surface area contributed by atoms with E-state index in [1.807, 2.05) is 31.2 Å². The van der Waals surface area contributed by atoms with Crippen LogP contribution < -0.4 is 4.90 Å². The van der Waals surface area contributed by atoms with E-state index in [4.69, 9.17) is 9.15 Å². The molecule has 0 aliphatic rings. The van der Waals surface area contributed by atoms with Crippen molar-refractivity contribution in [3.8, 4) is 0 Å². The molecule has 0 saturated heterocycles. The third kappa shape index (κ3) is 3.02. The van der Waals surface area contributed by atoms with Gasteiger partial charge in [0.1, 0.15) is 18.7 Å². The van der Waals surface area contributed by atoms with Gasteiger partial charge in [0.2, 0.25) is 5.76 Å². The molecule has 1 heterocycles. The van der Waals surface area contributed by atoms with Gasteiger partial charge in [0.15, 0.2) is 0 Å². The molecule has 1 aromatic carbocycles. The van der Waals surface area contributed by atoms with Crippen LogP contribution in [0.3, 0.4) is 0 Å². The van der Waals surface area contributed by atoms with Gasteiger partial charge >= 0.3 is 5.97 Å². The van der Waals surface area contributed by atoms with Crippen LogP contribution in [0.5, 0.6) is 0 Å². The lowest BCUT2D eigenvalue weighted by atomic mass is 10.1. The SMILES string of the molecule is CC[NH+](CC)CCOC(=O)c1oc2ccccc2c1C. The molecule has 0 saturated carbocycles. The number of ether oxygens (including phenoxy) is 1. The van der Waals surface area contributed by atoms with Crippen LogP contribution in [0.1, 0.15) is 30.0 Å². The van der Waals surface area contributed by atoms with E-state index >= 15 is 0 Å². The average molecular weight is 276 g/mol. The standard InChI is InChI=1S/C16H21NO3/c1-4-17(5-2)10-11-19-16(18)15-12(3)13-8-6-7-9-14(13)20-15/h6-9H,4-5,10-11H2,1-3H3/p+1. The summed E-state index contributed by atoms with van der Waals surface area (Å²) >= 11 is 0. The van der Waals surface area contributed by atoms with Crippen LogP contribution in [0.25, 0.3) is 11.0 Å². The maximum atomic E-state index is 12.1. The van der Waals surface area contributed by atoms with Crippen LogP contribution in [0.15, 0.2) is 28.7 Å². The summed E-state index contributed by atoms with van der Waals surface area (Å²) in [7, 11) is 0. The van der Waals surface area contributed by atoms with Crippen LogP contribution in [0, 0.1) is 6.92 Å². The highest BCUT2D eigenvalue weighted by atomic mass is 16.5. The smallest absolute Gasteiger partial charge is 0.374 e. The van der Waals surface area contributed by atoms with E-state index in [1.54, 1.807) is 0 Å². The zero-order valence-electron chi connectivity index (χ0n) is 12.4. The fourth-order valence-corrected chi connectivity index (χ4v) is 2.33. The monoisotopic (exact) mass is 276 g/mol. The van der Waals surface area contributed by atoms with Crippen LogP contribution in [-0.2, 0) is 4.74 Å². The Kier molecular flexibility index (Phi) is 4.79. The number of quaternary nitrogens is 1. The second kappa shape index (κ2) is 6.57. The predicted molar refractivity (Wildman–Crippen MR) is 78.1 cm³/mol. The first-order valence-corrected chi connectivity index (χ1v) is 7.16. The van der Waals surface area contributed by atoms with Crippen molar-refractivity contribution in [2.24, 2.45) is 0 Å². The summed E-state index contributed by atoms with van der Waals surface area (Å²) in [6.07, 6.45) is 0. The van der Waals surface area contributed by atoms with Crippen molar-refractivity contribution in [2.75, 3.05) is 26.2 Å². The second-order valence-electron chi connectivity index (χ2n) is 4.90. The zero-order chi connectivity index (χ0) is 14.5. The highest BCUT2D eigenvalue weighted by molar-refractivity contribution is 5.95. The molecule has 4 nitrogen and oxygen atoms in total. The highest BCUT2D eigenvalue weighted by Gasteiger charge is 2.19. The third-order valence-corrected chi connectivity index (χ3v) is 3.72.